The van der Waals surface area contributed by atoms with E-state index in [1.54, 1.807) is 0 Å². The highest BCUT2D eigenvalue weighted by atomic mass is 15.1. The van der Waals surface area contributed by atoms with E-state index in [9.17, 15) is 0 Å². The maximum absolute atomic E-state index is 2.42. The Hall–Kier alpha value is -5.92. The number of hydrogen-bond acceptors (Lipinski definition) is 1. The van der Waals surface area contributed by atoms with Gasteiger partial charge in [0.1, 0.15) is 0 Å². The molecule has 8 rings (SSSR count). The van der Waals surface area contributed by atoms with Gasteiger partial charge in [0.2, 0.25) is 0 Å². The van der Waals surface area contributed by atoms with Gasteiger partial charge in [-0.15, -0.1) is 0 Å². The lowest BCUT2D eigenvalue weighted by molar-refractivity contribution is 1.30. The number of nitrogens with zero attached hydrogens (tertiary/aromatic N) is 1. The third-order valence-electron chi connectivity index (χ3n) is 8.63. The van der Waals surface area contributed by atoms with E-state index in [0.717, 1.165) is 11.4 Å². The molecule has 1 heteroatoms. The standard InChI is InChI=1S/C44H31N/c1-4-15-32(16-5-1)35-17-14-18-36(31-35)33-27-29-34(30-28-33)43-41-25-12-10-23-39(41)40-24-11-13-26-42(40)44(43)45(37-19-6-2-7-20-37)38-21-8-3-9-22-38/h1-31H. The lowest BCUT2D eigenvalue weighted by Gasteiger charge is -2.30. The van der Waals surface area contributed by atoms with Gasteiger partial charge in [0.25, 0.3) is 0 Å². The lowest BCUT2D eigenvalue weighted by Crippen LogP contribution is -2.12. The molecule has 0 amide bonds. The first-order valence-corrected chi connectivity index (χ1v) is 15.5. The summed E-state index contributed by atoms with van der Waals surface area (Å²) < 4.78 is 0. The monoisotopic (exact) mass is 573 g/mol. The van der Waals surface area contributed by atoms with Gasteiger partial charge < -0.3 is 4.90 Å². The molecular formula is C44H31N. The molecule has 0 bridgehead atoms. The van der Waals surface area contributed by atoms with Crippen LogP contribution in [0.15, 0.2) is 188 Å². The summed E-state index contributed by atoms with van der Waals surface area (Å²) in [5, 5.41) is 4.96. The fraction of sp³-hybridized carbons (Fsp3) is 0. The summed E-state index contributed by atoms with van der Waals surface area (Å²) >= 11 is 0. The lowest BCUT2D eigenvalue weighted by atomic mass is 9.89. The number of rotatable bonds is 6. The molecule has 8 aromatic rings. The van der Waals surface area contributed by atoms with Gasteiger partial charge in [-0.3, -0.25) is 0 Å². The zero-order valence-corrected chi connectivity index (χ0v) is 24.8. The van der Waals surface area contributed by atoms with E-state index in [1.807, 2.05) is 0 Å². The smallest absolute Gasteiger partial charge is 0.0624 e. The predicted octanol–water partition coefficient (Wildman–Crippen LogP) is 12.5. The Labute approximate surface area is 264 Å². The summed E-state index contributed by atoms with van der Waals surface area (Å²) in [7, 11) is 0. The maximum atomic E-state index is 2.42. The topological polar surface area (TPSA) is 3.24 Å². The maximum Gasteiger partial charge on any atom is 0.0624 e. The average Bonchev–Trinajstić information content (AvgIpc) is 3.13. The van der Waals surface area contributed by atoms with E-state index in [1.165, 1.54) is 60.6 Å². The first-order chi connectivity index (χ1) is 22.3. The van der Waals surface area contributed by atoms with Crippen LogP contribution in [0.25, 0.3) is 54.9 Å². The molecule has 212 valence electrons. The van der Waals surface area contributed by atoms with Gasteiger partial charge in [0.05, 0.1) is 5.69 Å². The Morgan fingerprint density at radius 3 is 1.24 bits per heavy atom. The van der Waals surface area contributed by atoms with E-state index >= 15 is 0 Å². The molecule has 0 radical (unpaired) electrons. The molecule has 0 aromatic heterocycles. The molecular weight excluding hydrogens is 542 g/mol. The largest absolute Gasteiger partial charge is 0.309 e. The van der Waals surface area contributed by atoms with Crippen molar-refractivity contribution in [2.75, 3.05) is 4.90 Å². The third kappa shape index (κ3) is 4.95. The van der Waals surface area contributed by atoms with Crippen LogP contribution in [-0.2, 0) is 0 Å². The van der Waals surface area contributed by atoms with Crippen molar-refractivity contribution in [2.24, 2.45) is 0 Å². The fourth-order valence-electron chi connectivity index (χ4n) is 6.55. The second kappa shape index (κ2) is 11.6. The minimum atomic E-state index is 1.12. The van der Waals surface area contributed by atoms with Crippen molar-refractivity contribution in [2.45, 2.75) is 0 Å². The molecule has 0 fully saturated rings. The van der Waals surface area contributed by atoms with Crippen molar-refractivity contribution < 1.29 is 0 Å². The number of benzene rings is 8. The number of fused-ring (bicyclic) bond motifs is 3. The summed E-state index contributed by atoms with van der Waals surface area (Å²) in [5.41, 5.74) is 10.7. The molecule has 0 saturated carbocycles. The molecule has 0 aliphatic carbocycles. The van der Waals surface area contributed by atoms with Crippen LogP contribution in [0.4, 0.5) is 17.1 Å². The minimum absolute atomic E-state index is 1.12. The molecule has 0 unspecified atom stereocenters. The summed E-state index contributed by atoms with van der Waals surface area (Å²) in [6.45, 7) is 0. The van der Waals surface area contributed by atoms with E-state index in [4.69, 9.17) is 0 Å². The Morgan fingerprint density at radius 2 is 0.667 bits per heavy atom. The second-order valence-corrected chi connectivity index (χ2v) is 11.3. The average molecular weight is 574 g/mol. The molecule has 0 aliphatic rings. The summed E-state index contributed by atoms with van der Waals surface area (Å²) in [4.78, 5) is 2.42. The molecule has 0 atom stereocenters. The molecule has 0 saturated heterocycles. The van der Waals surface area contributed by atoms with Crippen molar-refractivity contribution in [3.05, 3.63) is 188 Å². The predicted molar refractivity (Wildman–Crippen MR) is 192 cm³/mol. The second-order valence-electron chi connectivity index (χ2n) is 11.3. The summed E-state index contributed by atoms with van der Waals surface area (Å²) in [6.07, 6.45) is 0. The normalized spacial score (nSPS) is 11.1. The highest BCUT2D eigenvalue weighted by Crippen LogP contribution is 2.49. The molecule has 0 aliphatic heterocycles. The van der Waals surface area contributed by atoms with Crippen LogP contribution in [0.2, 0.25) is 0 Å². The molecule has 0 heterocycles. The van der Waals surface area contributed by atoms with Crippen LogP contribution >= 0.6 is 0 Å². The quantitative estimate of drug-likeness (QED) is 0.179. The van der Waals surface area contributed by atoms with Crippen LogP contribution in [0.1, 0.15) is 0 Å². The van der Waals surface area contributed by atoms with Gasteiger partial charge in [-0.2, -0.15) is 0 Å². The molecule has 1 nitrogen and oxygen atoms in total. The van der Waals surface area contributed by atoms with Gasteiger partial charge in [-0.05, 0) is 74.3 Å². The zero-order valence-electron chi connectivity index (χ0n) is 24.8. The van der Waals surface area contributed by atoms with Gasteiger partial charge in [-0.25, -0.2) is 0 Å². The molecule has 0 N–H and O–H groups in total. The Bertz CT molecular complexity index is 2200. The molecule has 0 spiro atoms. The number of para-hydroxylation sites is 2. The van der Waals surface area contributed by atoms with Crippen LogP contribution in [0.5, 0.6) is 0 Å². The third-order valence-corrected chi connectivity index (χ3v) is 8.63. The van der Waals surface area contributed by atoms with Crippen LogP contribution in [0, 0.1) is 0 Å². The zero-order chi connectivity index (χ0) is 30.0. The highest BCUT2D eigenvalue weighted by molar-refractivity contribution is 6.22. The highest BCUT2D eigenvalue weighted by Gasteiger charge is 2.23. The minimum Gasteiger partial charge on any atom is -0.309 e. The summed E-state index contributed by atoms with van der Waals surface area (Å²) in [6, 6.07) is 67.6. The van der Waals surface area contributed by atoms with Crippen LogP contribution < -0.4 is 4.90 Å². The van der Waals surface area contributed by atoms with Crippen LogP contribution in [0.3, 0.4) is 0 Å². The van der Waals surface area contributed by atoms with Gasteiger partial charge >= 0.3 is 0 Å². The summed E-state index contributed by atoms with van der Waals surface area (Å²) in [5.74, 6) is 0. The fourth-order valence-corrected chi connectivity index (χ4v) is 6.55. The van der Waals surface area contributed by atoms with E-state index in [0.29, 0.717) is 0 Å². The van der Waals surface area contributed by atoms with Gasteiger partial charge in [-0.1, -0.05) is 158 Å². The SMILES string of the molecule is c1ccc(-c2cccc(-c3ccc(-c4c(N(c5ccccc5)c5ccccc5)c5ccccc5c5ccccc45)cc3)c2)cc1. The van der Waals surface area contributed by atoms with Crippen molar-refractivity contribution in [1.29, 1.82) is 0 Å². The first kappa shape index (κ1) is 26.7. The number of anilines is 3. The van der Waals surface area contributed by atoms with Crippen LogP contribution in [-0.4, -0.2) is 0 Å². The van der Waals surface area contributed by atoms with E-state index < -0.39 is 0 Å². The Morgan fingerprint density at radius 1 is 0.267 bits per heavy atom. The van der Waals surface area contributed by atoms with E-state index in [-0.39, 0.29) is 0 Å². The van der Waals surface area contributed by atoms with Gasteiger partial charge in [0, 0.05) is 22.3 Å². The number of hydrogen-bond donors (Lipinski definition) is 0. The first-order valence-electron chi connectivity index (χ1n) is 15.5. The van der Waals surface area contributed by atoms with Crippen molar-refractivity contribution >= 4 is 38.6 Å². The molecule has 45 heavy (non-hydrogen) atoms. The van der Waals surface area contributed by atoms with Crippen molar-refractivity contribution in [1.82, 2.24) is 0 Å². The Kier molecular flexibility index (Phi) is 6.90. The molecule has 8 aromatic carbocycles. The van der Waals surface area contributed by atoms with Gasteiger partial charge in [0.15, 0.2) is 0 Å². The van der Waals surface area contributed by atoms with Crippen molar-refractivity contribution in [3.8, 4) is 33.4 Å². The van der Waals surface area contributed by atoms with Crippen molar-refractivity contribution in [3.63, 3.8) is 0 Å². The van der Waals surface area contributed by atoms with E-state index in [2.05, 4.69) is 193 Å². The Balaban J connectivity index is 1.37.